The number of nitrogens with zero attached hydrogens (tertiary/aromatic N) is 3. The van der Waals surface area contributed by atoms with E-state index in [1.54, 1.807) is 30.5 Å². The highest BCUT2D eigenvalue weighted by molar-refractivity contribution is 7.91. The third-order valence-electron chi connectivity index (χ3n) is 4.40. The molecule has 3 heterocycles. The van der Waals surface area contributed by atoms with Crippen molar-refractivity contribution in [3.63, 3.8) is 0 Å². The van der Waals surface area contributed by atoms with Crippen molar-refractivity contribution < 1.29 is 13.2 Å². The predicted octanol–water partition coefficient (Wildman–Crippen LogP) is 2.10. The van der Waals surface area contributed by atoms with E-state index in [0.717, 1.165) is 5.39 Å². The van der Waals surface area contributed by atoms with Crippen molar-refractivity contribution >= 4 is 26.8 Å². The summed E-state index contributed by atoms with van der Waals surface area (Å²) in [4.78, 5) is 20.8. The van der Waals surface area contributed by atoms with Crippen LogP contribution in [0.2, 0.25) is 0 Å². The number of amides is 1. The largest absolute Gasteiger partial charge is 0.346 e. The van der Waals surface area contributed by atoms with Gasteiger partial charge in [0.05, 0.1) is 33.8 Å². The molecule has 0 unspecified atom stereocenters. The number of fused-ring (bicyclic) bond motifs is 1. The number of aromatic nitrogens is 4. The Labute approximate surface area is 172 Å². The molecule has 0 aliphatic heterocycles. The summed E-state index contributed by atoms with van der Waals surface area (Å²) in [6.45, 7) is 0.134. The maximum atomic E-state index is 12.8. The fourth-order valence-electron chi connectivity index (χ4n) is 2.80. The van der Waals surface area contributed by atoms with Gasteiger partial charge in [-0.1, -0.05) is 12.0 Å². The quantitative estimate of drug-likeness (QED) is 0.480. The number of H-pyrrole nitrogens is 1. The van der Waals surface area contributed by atoms with Gasteiger partial charge >= 0.3 is 0 Å². The van der Waals surface area contributed by atoms with Crippen LogP contribution in [-0.4, -0.2) is 34.5 Å². The Morgan fingerprint density at radius 1 is 1.07 bits per heavy atom. The van der Waals surface area contributed by atoms with Crippen molar-refractivity contribution in [3.8, 4) is 12.3 Å². The first-order valence-corrected chi connectivity index (χ1v) is 10.3. The van der Waals surface area contributed by atoms with Gasteiger partial charge in [-0.15, -0.1) is 6.42 Å². The van der Waals surface area contributed by atoms with Crippen LogP contribution in [0.4, 0.5) is 0 Å². The Balaban J connectivity index is 1.46. The van der Waals surface area contributed by atoms with Gasteiger partial charge in [0.25, 0.3) is 5.91 Å². The van der Waals surface area contributed by atoms with Crippen molar-refractivity contribution in [1.82, 2.24) is 25.5 Å². The third kappa shape index (κ3) is 3.76. The van der Waals surface area contributed by atoms with Crippen molar-refractivity contribution in [2.45, 2.75) is 16.3 Å². The lowest BCUT2D eigenvalue weighted by Crippen LogP contribution is -2.23. The number of nitrogens with one attached hydrogen (secondary N) is 2. The molecule has 0 aliphatic carbocycles. The number of carbonyl (C=O) groups excluding carboxylic acids is 1. The van der Waals surface area contributed by atoms with Crippen LogP contribution in [0.25, 0.3) is 11.0 Å². The second-order valence-corrected chi connectivity index (χ2v) is 8.33. The minimum absolute atomic E-state index is 0.0429. The molecule has 4 aromatic rings. The monoisotopic (exact) mass is 417 g/mol. The number of hydrogen-bond donors (Lipinski definition) is 2. The first kappa shape index (κ1) is 19.3. The Hall–Kier alpha value is -4.03. The highest BCUT2D eigenvalue weighted by Crippen LogP contribution is 2.21. The third-order valence-corrected chi connectivity index (χ3v) is 6.14. The maximum Gasteiger partial charge on any atom is 0.253 e. The normalized spacial score (nSPS) is 11.2. The van der Waals surface area contributed by atoms with Gasteiger partial charge in [0, 0.05) is 23.3 Å². The lowest BCUT2D eigenvalue weighted by molar-refractivity contribution is 0.0950. The molecule has 0 aliphatic rings. The highest BCUT2D eigenvalue weighted by Gasteiger charge is 2.18. The molecule has 148 valence electrons. The van der Waals surface area contributed by atoms with Crippen LogP contribution in [0, 0.1) is 12.3 Å². The summed E-state index contributed by atoms with van der Waals surface area (Å²) in [5, 5.41) is 10.0. The van der Waals surface area contributed by atoms with E-state index in [1.807, 2.05) is 0 Å². The smallest absolute Gasteiger partial charge is 0.253 e. The summed E-state index contributed by atoms with van der Waals surface area (Å²) in [7, 11) is -3.74. The van der Waals surface area contributed by atoms with Crippen LogP contribution >= 0.6 is 0 Å². The molecule has 2 N–H and O–H groups in total. The molecule has 4 rings (SSSR count). The number of benzene rings is 1. The molecule has 3 aromatic heterocycles. The van der Waals surface area contributed by atoms with E-state index < -0.39 is 9.84 Å². The van der Waals surface area contributed by atoms with Crippen molar-refractivity contribution in [3.05, 3.63) is 77.9 Å². The molecule has 1 amide bonds. The minimum Gasteiger partial charge on any atom is -0.346 e. The Kier molecular flexibility index (Phi) is 5.00. The molecule has 9 heteroatoms. The second-order valence-electron chi connectivity index (χ2n) is 6.38. The number of sulfone groups is 1. The molecular formula is C21H15N5O3S. The van der Waals surface area contributed by atoms with Crippen LogP contribution in [0.5, 0.6) is 0 Å². The highest BCUT2D eigenvalue weighted by atomic mass is 32.2. The molecule has 0 bridgehead atoms. The first-order chi connectivity index (χ1) is 14.5. The average Bonchev–Trinajstić information content (AvgIpc) is 3.25. The molecule has 8 nitrogen and oxygen atoms in total. The minimum atomic E-state index is -3.74. The number of hydrogen-bond acceptors (Lipinski definition) is 6. The summed E-state index contributed by atoms with van der Waals surface area (Å²) < 4.78 is 25.5. The molecule has 0 saturated carbocycles. The Morgan fingerprint density at radius 2 is 1.93 bits per heavy atom. The van der Waals surface area contributed by atoms with E-state index in [4.69, 9.17) is 6.42 Å². The lowest BCUT2D eigenvalue weighted by atomic mass is 10.2. The molecule has 0 saturated heterocycles. The van der Waals surface area contributed by atoms with Crippen LogP contribution in [0.1, 0.15) is 21.6 Å². The fraction of sp³-hybridized carbons (Fsp3) is 0.0476. The zero-order chi connectivity index (χ0) is 21.1. The molecule has 0 spiro atoms. The first-order valence-electron chi connectivity index (χ1n) is 8.81. The standard InChI is InChI=1S/C21H15N5O3S/c1-2-14-4-3-5-18(8-14)30(28,29)19-7-6-17(22-13-19)12-24-21(27)16-9-15-11-25-26-20(15)23-10-16/h1,3-11,13H,12H2,(H,24,27)(H,23,25,26). The summed E-state index contributed by atoms with van der Waals surface area (Å²) >= 11 is 0. The number of carbonyl (C=O) groups is 1. The number of rotatable bonds is 5. The van der Waals surface area contributed by atoms with Crippen LogP contribution in [-0.2, 0) is 16.4 Å². The van der Waals surface area contributed by atoms with E-state index in [1.165, 1.54) is 30.6 Å². The van der Waals surface area contributed by atoms with E-state index in [2.05, 4.69) is 31.4 Å². The van der Waals surface area contributed by atoms with Gasteiger partial charge in [-0.05, 0) is 36.4 Å². The number of terminal acetylenes is 1. The van der Waals surface area contributed by atoms with Gasteiger partial charge in [-0.2, -0.15) is 5.10 Å². The Bertz CT molecular complexity index is 1390. The molecule has 30 heavy (non-hydrogen) atoms. The second kappa shape index (κ2) is 7.77. The average molecular weight is 417 g/mol. The maximum absolute atomic E-state index is 12.8. The lowest BCUT2D eigenvalue weighted by Gasteiger charge is -2.07. The molecule has 1 aromatic carbocycles. The van der Waals surface area contributed by atoms with Crippen molar-refractivity contribution in [2.24, 2.45) is 0 Å². The topological polar surface area (TPSA) is 118 Å². The van der Waals surface area contributed by atoms with E-state index in [0.29, 0.717) is 22.5 Å². The van der Waals surface area contributed by atoms with E-state index in [-0.39, 0.29) is 22.2 Å². The van der Waals surface area contributed by atoms with Crippen LogP contribution < -0.4 is 5.32 Å². The van der Waals surface area contributed by atoms with Crippen LogP contribution in [0.15, 0.2) is 70.8 Å². The molecule has 0 fully saturated rings. The fourth-order valence-corrected chi connectivity index (χ4v) is 4.05. The number of pyridine rings is 2. The molecule has 0 atom stereocenters. The van der Waals surface area contributed by atoms with Crippen molar-refractivity contribution in [1.29, 1.82) is 0 Å². The predicted molar refractivity (Wildman–Crippen MR) is 109 cm³/mol. The molecular weight excluding hydrogens is 402 g/mol. The Morgan fingerprint density at radius 3 is 2.70 bits per heavy atom. The van der Waals surface area contributed by atoms with Gasteiger partial charge < -0.3 is 5.32 Å². The summed E-state index contributed by atoms with van der Waals surface area (Å²) in [5.41, 5.74) is 1.97. The summed E-state index contributed by atoms with van der Waals surface area (Å²) in [6, 6.07) is 10.8. The summed E-state index contributed by atoms with van der Waals surface area (Å²) in [6.07, 6.45) is 9.63. The van der Waals surface area contributed by atoms with Gasteiger partial charge in [0.1, 0.15) is 0 Å². The van der Waals surface area contributed by atoms with E-state index in [9.17, 15) is 13.2 Å². The summed E-state index contributed by atoms with van der Waals surface area (Å²) in [5.74, 6) is 2.10. The van der Waals surface area contributed by atoms with Crippen LogP contribution in [0.3, 0.4) is 0 Å². The zero-order valence-corrected chi connectivity index (χ0v) is 16.3. The SMILES string of the molecule is C#Cc1cccc(S(=O)(=O)c2ccc(CNC(=O)c3cnc4[nH]ncc4c3)nc2)c1. The van der Waals surface area contributed by atoms with Gasteiger partial charge in [0.15, 0.2) is 5.65 Å². The number of aromatic amines is 1. The van der Waals surface area contributed by atoms with Gasteiger partial charge in [-0.3, -0.25) is 14.9 Å². The molecule has 0 radical (unpaired) electrons. The van der Waals surface area contributed by atoms with Gasteiger partial charge in [-0.25, -0.2) is 13.4 Å². The zero-order valence-electron chi connectivity index (χ0n) is 15.5. The van der Waals surface area contributed by atoms with Gasteiger partial charge in [0.2, 0.25) is 9.84 Å². The van der Waals surface area contributed by atoms with Crippen molar-refractivity contribution in [2.75, 3.05) is 0 Å². The van der Waals surface area contributed by atoms with E-state index >= 15 is 0 Å².